The van der Waals surface area contributed by atoms with Crippen molar-refractivity contribution in [2.75, 3.05) is 33.5 Å². The molecule has 0 aliphatic rings. The molecule has 0 aromatic carbocycles. The van der Waals surface area contributed by atoms with Crippen LogP contribution in [0.3, 0.4) is 0 Å². The van der Waals surface area contributed by atoms with Crippen molar-refractivity contribution in [1.29, 1.82) is 0 Å². The second-order valence-corrected chi connectivity index (χ2v) is 3.66. The summed E-state index contributed by atoms with van der Waals surface area (Å²) in [6.07, 6.45) is 1.76. The first-order valence-corrected chi connectivity index (χ1v) is 5.58. The number of nitrogens with zero attached hydrogens (tertiary/aromatic N) is 1. The van der Waals surface area contributed by atoms with E-state index in [1.807, 2.05) is 6.07 Å². The van der Waals surface area contributed by atoms with E-state index in [1.165, 1.54) is 0 Å². The van der Waals surface area contributed by atoms with Gasteiger partial charge in [0.1, 0.15) is 5.15 Å². The Morgan fingerprint density at radius 1 is 1.31 bits per heavy atom. The zero-order valence-electron chi connectivity index (χ0n) is 9.41. The van der Waals surface area contributed by atoms with E-state index >= 15 is 0 Å². The van der Waals surface area contributed by atoms with Crippen LogP contribution in [-0.4, -0.2) is 38.5 Å². The number of nitrogens with one attached hydrogen (secondary N) is 1. The van der Waals surface area contributed by atoms with E-state index in [1.54, 1.807) is 19.4 Å². The van der Waals surface area contributed by atoms with Crippen molar-refractivity contribution < 1.29 is 9.47 Å². The minimum absolute atomic E-state index is 0.520. The molecule has 1 rings (SSSR count). The Bertz CT molecular complexity index is 280. The third-order valence-corrected chi connectivity index (χ3v) is 2.20. The van der Waals surface area contributed by atoms with Gasteiger partial charge in [-0.1, -0.05) is 17.7 Å². The summed E-state index contributed by atoms with van der Waals surface area (Å²) < 4.78 is 10.2. The van der Waals surface area contributed by atoms with Crippen molar-refractivity contribution in [2.45, 2.75) is 6.54 Å². The van der Waals surface area contributed by atoms with Gasteiger partial charge in [0, 0.05) is 26.4 Å². The topological polar surface area (TPSA) is 43.4 Å². The van der Waals surface area contributed by atoms with Crippen LogP contribution in [0.1, 0.15) is 5.56 Å². The summed E-state index contributed by atoms with van der Waals surface area (Å²) in [5.41, 5.74) is 1.11. The lowest BCUT2D eigenvalue weighted by atomic mass is 10.3. The highest BCUT2D eigenvalue weighted by Crippen LogP contribution is 2.04. The number of pyridine rings is 1. The quantitative estimate of drug-likeness (QED) is 0.556. The Morgan fingerprint density at radius 3 is 2.88 bits per heavy atom. The van der Waals surface area contributed by atoms with Crippen molar-refractivity contribution in [3.8, 4) is 0 Å². The van der Waals surface area contributed by atoms with Crippen LogP contribution < -0.4 is 5.32 Å². The van der Waals surface area contributed by atoms with Gasteiger partial charge in [0.15, 0.2) is 0 Å². The molecule has 1 aromatic rings. The molecule has 1 heterocycles. The highest BCUT2D eigenvalue weighted by molar-refractivity contribution is 6.29. The SMILES string of the molecule is COCCOCCNCc1ccc(Cl)nc1. The van der Waals surface area contributed by atoms with Gasteiger partial charge >= 0.3 is 0 Å². The highest BCUT2D eigenvalue weighted by atomic mass is 35.5. The monoisotopic (exact) mass is 244 g/mol. The predicted molar refractivity (Wildman–Crippen MR) is 63.6 cm³/mol. The zero-order valence-corrected chi connectivity index (χ0v) is 10.2. The Morgan fingerprint density at radius 2 is 2.19 bits per heavy atom. The van der Waals surface area contributed by atoms with Crippen molar-refractivity contribution in [3.63, 3.8) is 0 Å². The van der Waals surface area contributed by atoms with Gasteiger partial charge in [-0.3, -0.25) is 0 Å². The standard InChI is InChI=1S/C11H17ClN2O2/c1-15-6-7-16-5-4-13-8-10-2-3-11(12)14-9-10/h2-3,9,13H,4-8H2,1H3. The third-order valence-electron chi connectivity index (χ3n) is 1.97. The van der Waals surface area contributed by atoms with Crippen molar-refractivity contribution in [3.05, 3.63) is 29.0 Å². The van der Waals surface area contributed by atoms with Crippen LogP contribution in [0.2, 0.25) is 5.15 Å². The molecule has 90 valence electrons. The molecule has 0 fully saturated rings. The summed E-state index contributed by atoms with van der Waals surface area (Å²) in [5.74, 6) is 0. The molecule has 0 atom stereocenters. The van der Waals surface area contributed by atoms with Crippen LogP contribution in [0.5, 0.6) is 0 Å². The maximum atomic E-state index is 5.68. The van der Waals surface area contributed by atoms with Gasteiger partial charge in [-0.2, -0.15) is 0 Å². The molecule has 0 saturated carbocycles. The molecule has 4 nitrogen and oxygen atoms in total. The third kappa shape index (κ3) is 6.02. The molecule has 0 radical (unpaired) electrons. The maximum Gasteiger partial charge on any atom is 0.129 e. The Kier molecular flexibility index (Phi) is 7.09. The average Bonchev–Trinajstić information content (AvgIpc) is 2.30. The lowest BCUT2D eigenvalue weighted by Gasteiger charge is -2.05. The molecule has 0 bridgehead atoms. The van der Waals surface area contributed by atoms with E-state index in [0.717, 1.165) is 18.7 Å². The van der Waals surface area contributed by atoms with Gasteiger partial charge in [0.05, 0.1) is 19.8 Å². The number of hydrogen-bond acceptors (Lipinski definition) is 4. The Labute approximate surface area is 101 Å². The minimum Gasteiger partial charge on any atom is -0.382 e. The van der Waals surface area contributed by atoms with E-state index in [9.17, 15) is 0 Å². The van der Waals surface area contributed by atoms with E-state index < -0.39 is 0 Å². The maximum absolute atomic E-state index is 5.68. The fourth-order valence-corrected chi connectivity index (χ4v) is 1.24. The molecular formula is C11H17ClN2O2. The summed E-state index contributed by atoms with van der Waals surface area (Å²) in [5, 5.41) is 3.77. The summed E-state index contributed by atoms with van der Waals surface area (Å²) in [6.45, 7) is 3.55. The van der Waals surface area contributed by atoms with Gasteiger partial charge in [-0.25, -0.2) is 4.98 Å². The van der Waals surface area contributed by atoms with Crippen molar-refractivity contribution >= 4 is 11.6 Å². The smallest absolute Gasteiger partial charge is 0.129 e. The Balaban J connectivity index is 2.01. The Hall–Kier alpha value is -0.680. The molecule has 1 aromatic heterocycles. The van der Waals surface area contributed by atoms with Gasteiger partial charge in [0.2, 0.25) is 0 Å². The zero-order chi connectivity index (χ0) is 11.6. The van der Waals surface area contributed by atoms with E-state index in [-0.39, 0.29) is 0 Å². The first-order valence-electron chi connectivity index (χ1n) is 5.21. The van der Waals surface area contributed by atoms with Crippen molar-refractivity contribution in [2.24, 2.45) is 0 Å². The fraction of sp³-hybridized carbons (Fsp3) is 0.545. The lowest BCUT2D eigenvalue weighted by molar-refractivity contribution is 0.0719. The molecule has 0 saturated heterocycles. The normalized spacial score (nSPS) is 10.6. The fourth-order valence-electron chi connectivity index (χ4n) is 1.13. The summed E-state index contributed by atoms with van der Waals surface area (Å²) in [6, 6.07) is 3.74. The van der Waals surface area contributed by atoms with Gasteiger partial charge in [-0.15, -0.1) is 0 Å². The van der Waals surface area contributed by atoms with Gasteiger partial charge < -0.3 is 14.8 Å². The van der Waals surface area contributed by atoms with Crippen LogP contribution in [-0.2, 0) is 16.0 Å². The second kappa shape index (κ2) is 8.47. The van der Waals surface area contributed by atoms with Crippen LogP contribution in [0.25, 0.3) is 0 Å². The van der Waals surface area contributed by atoms with Crippen LogP contribution >= 0.6 is 11.6 Å². The van der Waals surface area contributed by atoms with Crippen LogP contribution in [0.15, 0.2) is 18.3 Å². The first-order chi connectivity index (χ1) is 7.83. The van der Waals surface area contributed by atoms with Crippen molar-refractivity contribution in [1.82, 2.24) is 10.3 Å². The molecular weight excluding hydrogens is 228 g/mol. The number of halogens is 1. The first kappa shape index (κ1) is 13.4. The average molecular weight is 245 g/mol. The molecule has 0 spiro atoms. The highest BCUT2D eigenvalue weighted by Gasteiger charge is 1.94. The molecule has 1 N–H and O–H groups in total. The number of ether oxygens (including phenoxy) is 2. The second-order valence-electron chi connectivity index (χ2n) is 3.27. The minimum atomic E-state index is 0.520. The number of aromatic nitrogens is 1. The molecule has 16 heavy (non-hydrogen) atoms. The predicted octanol–water partition coefficient (Wildman–Crippen LogP) is 1.49. The van der Waals surface area contributed by atoms with Crippen LogP contribution in [0.4, 0.5) is 0 Å². The number of methoxy groups -OCH3 is 1. The summed E-state index contributed by atoms with van der Waals surface area (Å²) >= 11 is 5.68. The van der Waals surface area contributed by atoms with Crippen LogP contribution in [0, 0.1) is 0 Å². The molecule has 0 amide bonds. The van der Waals surface area contributed by atoms with Gasteiger partial charge in [0.25, 0.3) is 0 Å². The number of hydrogen-bond donors (Lipinski definition) is 1. The molecule has 0 unspecified atom stereocenters. The number of rotatable bonds is 8. The molecule has 0 aliphatic carbocycles. The molecule has 0 aliphatic heterocycles. The van der Waals surface area contributed by atoms with E-state index in [2.05, 4.69) is 10.3 Å². The lowest BCUT2D eigenvalue weighted by Crippen LogP contribution is -2.20. The largest absolute Gasteiger partial charge is 0.382 e. The van der Waals surface area contributed by atoms with Gasteiger partial charge in [-0.05, 0) is 11.6 Å². The summed E-state index contributed by atoms with van der Waals surface area (Å²) in [4.78, 5) is 4.00. The van der Waals surface area contributed by atoms with E-state index in [4.69, 9.17) is 21.1 Å². The summed E-state index contributed by atoms with van der Waals surface area (Å²) in [7, 11) is 1.66. The van der Waals surface area contributed by atoms with E-state index in [0.29, 0.717) is 25.0 Å². The molecule has 5 heteroatoms.